The van der Waals surface area contributed by atoms with Crippen molar-refractivity contribution in [3.8, 4) is 0 Å². The van der Waals surface area contributed by atoms with Crippen LogP contribution in [0.5, 0.6) is 0 Å². The van der Waals surface area contributed by atoms with E-state index in [-0.39, 0.29) is 5.56 Å². The lowest BCUT2D eigenvalue weighted by Gasteiger charge is -2.25. The van der Waals surface area contributed by atoms with Crippen LogP contribution in [0.1, 0.15) is 20.3 Å². The molecule has 1 aromatic heterocycles. The number of nitrogens with one attached hydrogen (secondary N) is 1. The fraction of sp³-hybridized carbons (Fsp3) is 0.667. The Kier molecular flexibility index (Phi) is 6.63. The third-order valence-corrected chi connectivity index (χ3v) is 6.25. The van der Waals surface area contributed by atoms with Crippen molar-refractivity contribution in [2.45, 2.75) is 39.4 Å². The van der Waals surface area contributed by atoms with E-state index in [1.54, 1.807) is 10.8 Å². The van der Waals surface area contributed by atoms with Crippen LogP contribution in [0, 0.1) is 4.77 Å². The highest BCUT2D eigenvalue weighted by molar-refractivity contribution is 7.71. The second-order valence-electron chi connectivity index (χ2n) is 4.38. The molecule has 0 aliphatic heterocycles. The van der Waals surface area contributed by atoms with E-state index < -0.39 is 8.56 Å². The second-order valence-corrected chi connectivity index (χ2v) is 8.11. The molecule has 1 aromatic rings. The van der Waals surface area contributed by atoms with Crippen LogP contribution in [0.3, 0.4) is 0 Å². The van der Waals surface area contributed by atoms with Gasteiger partial charge in [0.2, 0.25) is 0 Å². The van der Waals surface area contributed by atoms with E-state index in [2.05, 4.69) is 11.5 Å². The zero-order valence-corrected chi connectivity index (χ0v) is 13.6. The van der Waals surface area contributed by atoms with Crippen LogP contribution in [0.15, 0.2) is 17.1 Å². The second kappa shape index (κ2) is 7.74. The van der Waals surface area contributed by atoms with E-state index in [1.807, 2.05) is 13.8 Å². The number of aromatic amines is 1. The maximum atomic E-state index is 11.7. The van der Waals surface area contributed by atoms with Crippen molar-refractivity contribution >= 4 is 20.8 Å². The van der Waals surface area contributed by atoms with E-state index in [0.717, 1.165) is 12.5 Å². The fourth-order valence-corrected chi connectivity index (χ4v) is 4.66. The largest absolute Gasteiger partial charge is 0.395 e. The monoisotopic (exact) mass is 302 g/mol. The van der Waals surface area contributed by atoms with Gasteiger partial charge < -0.3 is 13.8 Å². The molecule has 0 aliphatic rings. The van der Waals surface area contributed by atoms with Gasteiger partial charge in [-0.1, -0.05) is 0 Å². The lowest BCUT2D eigenvalue weighted by molar-refractivity contribution is 0.188. The van der Waals surface area contributed by atoms with E-state index >= 15 is 0 Å². The third-order valence-electron chi connectivity index (χ3n) is 2.86. The molecule has 0 unspecified atom stereocenters. The minimum atomic E-state index is -2.10. The van der Waals surface area contributed by atoms with Crippen molar-refractivity contribution in [2.75, 3.05) is 13.2 Å². The first-order valence-electron chi connectivity index (χ1n) is 6.59. The van der Waals surface area contributed by atoms with Crippen molar-refractivity contribution in [3.63, 3.8) is 0 Å². The van der Waals surface area contributed by atoms with Gasteiger partial charge in [-0.25, -0.2) is 0 Å². The summed E-state index contributed by atoms with van der Waals surface area (Å²) in [5, 5.41) is 0. The van der Waals surface area contributed by atoms with Crippen molar-refractivity contribution in [3.05, 3.63) is 27.4 Å². The summed E-state index contributed by atoms with van der Waals surface area (Å²) < 4.78 is 13.6. The lowest BCUT2D eigenvalue weighted by atomic mass is 10.4. The van der Waals surface area contributed by atoms with Crippen molar-refractivity contribution in [1.82, 2.24) is 9.55 Å². The summed E-state index contributed by atoms with van der Waals surface area (Å²) >= 11 is 5.10. The molecule has 1 heterocycles. The molecule has 1 N–H and O–H groups in total. The quantitative estimate of drug-likeness (QED) is 0.592. The number of H-pyrrole nitrogens is 1. The molecular weight excluding hydrogens is 280 g/mol. The molecule has 0 aromatic carbocycles. The van der Waals surface area contributed by atoms with E-state index in [4.69, 9.17) is 21.1 Å². The number of rotatable bonds is 8. The van der Waals surface area contributed by atoms with Crippen LogP contribution in [0.2, 0.25) is 12.6 Å². The van der Waals surface area contributed by atoms with Gasteiger partial charge in [0.25, 0.3) is 5.56 Å². The summed E-state index contributed by atoms with van der Waals surface area (Å²) in [5.41, 5.74) is -0.0695. The van der Waals surface area contributed by atoms with Crippen molar-refractivity contribution in [1.29, 1.82) is 0 Å². The van der Waals surface area contributed by atoms with Gasteiger partial charge in [-0.05, 0) is 45.1 Å². The first-order valence-corrected chi connectivity index (χ1v) is 9.52. The SMILES string of the molecule is CCO[Si](C)(CCCn1c(=O)cc[nH]c1=S)OCC. The molecule has 0 fully saturated rings. The van der Waals surface area contributed by atoms with Gasteiger partial charge in [0, 0.05) is 32.0 Å². The van der Waals surface area contributed by atoms with Gasteiger partial charge in [-0.2, -0.15) is 0 Å². The molecule has 1 rings (SSSR count). The third kappa shape index (κ3) is 5.02. The van der Waals surface area contributed by atoms with Crippen molar-refractivity contribution < 1.29 is 8.85 Å². The summed E-state index contributed by atoms with van der Waals surface area (Å²) in [6.07, 6.45) is 2.39. The summed E-state index contributed by atoms with van der Waals surface area (Å²) in [7, 11) is -2.10. The molecule has 0 saturated heterocycles. The summed E-state index contributed by atoms with van der Waals surface area (Å²) in [4.78, 5) is 14.5. The molecule has 0 saturated carbocycles. The highest BCUT2D eigenvalue weighted by Gasteiger charge is 2.29. The van der Waals surface area contributed by atoms with Gasteiger partial charge in [0.15, 0.2) is 4.77 Å². The Morgan fingerprint density at radius 1 is 1.37 bits per heavy atom. The molecule has 0 atom stereocenters. The van der Waals surface area contributed by atoms with Gasteiger partial charge in [0.05, 0.1) is 0 Å². The standard InChI is InChI=1S/C12H22N2O3SSi/c1-4-16-19(3,17-5-2)10-6-9-14-11(15)7-8-13-12(14)18/h7-8H,4-6,9-10H2,1-3H3,(H,13,18). The average molecular weight is 302 g/mol. The molecule has 0 radical (unpaired) electrons. The molecular formula is C12H22N2O3SSi. The minimum absolute atomic E-state index is 0.0695. The number of aromatic nitrogens is 2. The van der Waals surface area contributed by atoms with Crippen LogP contribution < -0.4 is 5.56 Å². The molecule has 0 aliphatic carbocycles. The molecule has 0 spiro atoms. The summed E-state index contributed by atoms with van der Waals surface area (Å²) in [5.74, 6) is 0. The highest BCUT2D eigenvalue weighted by atomic mass is 32.1. The van der Waals surface area contributed by atoms with Crippen LogP contribution in [0.4, 0.5) is 0 Å². The molecule has 7 heteroatoms. The Balaban J connectivity index is 2.62. The summed E-state index contributed by atoms with van der Waals surface area (Å²) in [6.45, 7) is 7.93. The molecule has 108 valence electrons. The zero-order valence-electron chi connectivity index (χ0n) is 11.8. The average Bonchev–Trinajstić information content (AvgIpc) is 2.33. The Hall–Kier alpha value is -0.763. The van der Waals surface area contributed by atoms with Crippen LogP contribution in [0.25, 0.3) is 0 Å². The van der Waals surface area contributed by atoms with E-state index in [1.165, 1.54) is 6.07 Å². The fourth-order valence-electron chi connectivity index (χ4n) is 2.02. The summed E-state index contributed by atoms with van der Waals surface area (Å²) in [6, 6.07) is 2.34. The first-order chi connectivity index (χ1) is 9.02. The smallest absolute Gasteiger partial charge is 0.334 e. The predicted molar refractivity (Wildman–Crippen MR) is 80.2 cm³/mol. The van der Waals surface area contributed by atoms with Crippen molar-refractivity contribution in [2.24, 2.45) is 0 Å². The van der Waals surface area contributed by atoms with Gasteiger partial charge in [0.1, 0.15) is 0 Å². The van der Waals surface area contributed by atoms with E-state index in [9.17, 15) is 4.79 Å². The highest BCUT2D eigenvalue weighted by Crippen LogP contribution is 2.16. The van der Waals surface area contributed by atoms with Gasteiger partial charge in [-0.15, -0.1) is 0 Å². The lowest BCUT2D eigenvalue weighted by Crippen LogP contribution is -2.39. The number of hydrogen-bond acceptors (Lipinski definition) is 4. The Bertz CT molecular complexity index is 466. The Morgan fingerprint density at radius 2 is 2.00 bits per heavy atom. The molecule has 19 heavy (non-hydrogen) atoms. The van der Waals surface area contributed by atoms with Crippen LogP contribution in [-0.2, 0) is 15.4 Å². The molecule has 5 nitrogen and oxygen atoms in total. The number of nitrogens with zero attached hydrogens (tertiary/aromatic N) is 1. The first kappa shape index (κ1) is 16.3. The van der Waals surface area contributed by atoms with Gasteiger partial charge >= 0.3 is 8.56 Å². The normalized spacial score (nSPS) is 11.7. The Morgan fingerprint density at radius 3 is 2.53 bits per heavy atom. The predicted octanol–water partition coefficient (Wildman–Crippen LogP) is 2.44. The maximum Gasteiger partial charge on any atom is 0.334 e. The minimum Gasteiger partial charge on any atom is -0.395 e. The maximum absolute atomic E-state index is 11.7. The van der Waals surface area contributed by atoms with E-state index in [0.29, 0.717) is 24.5 Å². The molecule has 0 bridgehead atoms. The number of hydrogen-bond donors (Lipinski definition) is 1. The Labute approximate surface area is 119 Å². The van der Waals surface area contributed by atoms with Crippen LogP contribution >= 0.6 is 12.2 Å². The zero-order chi connectivity index (χ0) is 14.3. The van der Waals surface area contributed by atoms with Crippen LogP contribution in [-0.4, -0.2) is 31.3 Å². The van der Waals surface area contributed by atoms with Gasteiger partial charge in [-0.3, -0.25) is 9.36 Å². The molecule has 0 amide bonds. The topological polar surface area (TPSA) is 56.2 Å².